The molecule has 1 saturated carbocycles. The van der Waals surface area contributed by atoms with E-state index >= 15 is 0 Å². The van der Waals surface area contributed by atoms with Gasteiger partial charge in [0.25, 0.3) is 0 Å². The molecule has 0 aromatic rings. The third-order valence-corrected chi connectivity index (χ3v) is 2.83. The summed E-state index contributed by atoms with van der Waals surface area (Å²) in [4.78, 5) is 11.5. The molecular formula is C12H24N2O. The summed E-state index contributed by atoms with van der Waals surface area (Å²) in [5.74, 6) is 0.962. The molecule has 0 aliphatic heterocycles. The summed E-state index contributed by atoms with van der Waals surface area (Å²) < 4.78 is 0. The van der Waals surface area contributed by atoms with Gasteiger partial charge in [-0.3, -0.25) is 4.79 Å². The van der Waals surface area contributed by atoms with Crippen molar-refractivity contribution in [2.45, 2.75) is 58.5 Å². The molecule has 3 heteroatoms. The minimum absolute atomic E-state index is 0.201. The number of nitrogens with one attached hydrogen (secondary N) is 2. The van der Waals surface area contributed by atoms with Crippen molar-refractivity contribution in [1.29, 1.82) is 0 Å². The number of hydrogen-bond acceptors (Lipinski definition) is 2. The molecule has 1 aliphatic carbocycles. The summed E-state index contributed by atoms with van der Waals surface area (Å²) in [6.45, 7) is 7.17. The van der Waals surface area contributed by atoms with Gasteiger partial charge in [0.1, 0.15) is 0 Å². The van der Waals surface area contributed by atoms with Crippen LogP contribution in [0.1, 0.15) is 46.5 Å². The highest BCUT2D eigenvalue weighted by Gasteiger charge is 2.36. The number of amides is 1. The normalized spacial score (nSPS) is 24.3. The van der Waals surface area contributed by atoms with Crippen LogP contribution in [0.25, 0.3) is 0 Å². The SMILES string of the molecule is CCCC1CC1NC(=O)CCNC(C)C. The Balaban J connectivity index is 2.00. The first-order valence-corrected chi connectivity index (χ1v) is 6.16. The monoisotopic (exact) mass is 212 g/mol. The number of carbonyl (C=O) groups excluding carboxylic acids is 1. The van der Waals surface area contributed by atoms with E-state index in [1.807, 2.05) is 0 Å². The predicted molar refractivity (Wildman–Crippen MR) is 62.7 cm³/mol. The van der Waals surface area contributed by atoms with Gasteiger partial charge in [0, 0.05) is 25.0 Å². The molecule has 1 rings (SSSR count). The Morgan fingerprint density at radius 3 is 2.80 bits per heavy atom. The van der Waals surface area contributed by atoms with Gasteiger partial charge in [0.15, 0.2) is 0 Å². The lowest BCUT2D eigenvalue weighted by molar-refractivity contribution is -0.121. The highest BCUT2D eigenvalue weighted by Crippen LogP contribution is 2.34. The number of hydrogen-bond donors (Lipinski definition) is 2. The first kappa shape index (κ1) is 12.5. The summed E-state index contributed by atoms with van der Waals surface area (Å²) in [6, 6.07) is 0.947. The molecule has 2 unspecified atom stereocenters. The minimum atomic E-state index is 0.201. The molecule has 0 aromatic heterocycles. The lowest BCUT2D eigenvalue weighted by atomic mass is 10.2. The van der Waals surface area contributed by atoms with Crippen LogP contribution in [0.2, 0.25) is 0 Å². The highest BCUT2D eigenvalue weighted by atomic mass is 16.1. The van der Waals surface area contributed by atoms with Crippen molar-refractivity contribution < 1.29 is 4.79 Å². The molecule has 1 amide bonds. The van der Waals surface area contributed by atoms with Crippen molar-refractivity contribution in [1.82, 2.24) is 10.6 Å². The molecule has 88 valence electrons. The van der Waals surface area contributed by atoms with Crippen LogP contribution in [-0.2, 0) is 4.79 Å². The van der Waals surface area contributed by atoms with Crippen molar-refractivity contribution >= 4 is 5.91 Å². The molecule has 0 bridgehead atoms. The fourth-order valence-electron chi connectivity index (χ4n) is 1.87. The van der Waals surface area contributed by atoms with Gasteiger partial charge in [-0.2, -0.15) is 0 Å². The van der Waals surface area contributed by atoms with Crippen molar-refractivity contribution in [3.8, 4) is 0 Å². The second kappa shape index (κ2) is 6.11. The Hall–Kier alpha value is -0.570. The van der Waals surface area contributed by atoms with E-state index in [-0.39, 0.29) is 5.91 Å². The molecule has 3 nitrogen and oxygen atoms in total. The van der Waals surface area contributed by atoms with Crippen LogP contribution < -0.4 is 10.6 Å². The topological polar surface area (TPSA) is 41.1 Å². The molecular weight excluding hydrogens is 188 g/mol. The maximum Gasteiger partial charge on any atom is 0.221 e. The molecule has 0 aromatic carbocycles. The van der Waals surface area contributed by atoms with E-state index in [0.717, 1.165) is 12.5 Å². The largest absolute Gasteiger partial charge is 0.353 e. The van der Waals surface area contributed by atoms with E-state index in [2.05, 4.69) is 31.4 Å². The third kappa shape index (κ3) is 5.17. The zero-order valence-electron chi connectivity index (χ0n) is 10.2. The van der Waals surface area contributed by atoms with Gasteiger partial charge >= 0.3 is 0 Å². The minimum Gasteiger partial charge on any atom is -0.353 e. The summed E-state index contributed by atoms with van der Waals surface area (Å²) in [7, 11) is 0. The predicted octanol–water partition coefficient (Wildman–Crippen LogP) is 1.68. The zero-order chi connectivity index (χ0) is 11.3. The van der Waals surface area contributed by atoms with Crippen LogP contribution in [-0.4, -0.2) is 24.5 Å². The van der Waals surface area contributed by atoms with Crippen LogP contribution in [0.3, 0.4) is 0 Å². The van der Waals surface area contributed by atoms with E-state index in [0.29, 0.717) is 18.5 Å². The zero-order valence-corrected chi connectivity index (χ0v) is 10.2. The summed E-state index contributed by atoms with van der Waals surface area (Å²) in [5, 5.41) is 6.33. The molecule has 15 heavy (non-hydrogen) atoms. The second-order valence-corrected chi connectivity index (χ2v) is 4.82. The molecule has 1 aliphatic rings. The van der Waals surface area contributed by atoms with E-state index in [1.165, 1.54) is 19.3 Å². The fraction of sp³-hybridized carbons (Fsp3) is 0.917. The van der Waals surface area contributed by atoms with Crippen LogP contribution in [0.4, 0.5) is 0 Å². The van der Waals surface area contributed by atoms with Gasteiger partial charge in [-0.1, -0.05) is 27.2 Å². The van der Waals surface area contributed by atoms with Crippen molar-refractivity contribution in [3.63, 3.8) is 0 Å². The average Bonchev–Trinajstić information content (AvgIpc) is 2.83. The molecule has 2 N–H and O–H groups in total. The van der Waals surface area contributed by atoms with E-state index in [1.54, 1.807) is 0 Å². The summed E-state index contributed by atoms with van der Waals surface area (Å²) >= 11 is 0. The maximum absolute atomic E-state index is 11.5. The van der Waals surface area contributed by atoms with Crippen LogP contribution in [0, 0.1) is 5.92 Å². The second-order valence-electron chi connectivity index (χ2n) is 4.82. The van der Waals surface area contributed by atoms with Crippen molar-refractivity contribution in [3.05, 3.63) is 0 Å². The average molecular weight is 212 g/mol. The van der Waals surface area contributed by atoms with Crippen molar-refractivity contribution in [2.24, 2.45) is 5.92 Å². The Morgan fingerprint density at radius 2 is 2.20 bits per heavy atom. The Morgan fingerprint density at radius 1 is 1.47 bits per heavy atom. The Labute approximate surface area is 93.0 Å². The van der Waals surface area contributed by atoms with Gasteiger partial charge in [-0.15, -0.1) is 0 Å². The number of rotatable bonds is 7. The van der Waals surface area contributed by atoms with E-state index in [9.17, 15) is 4.79 Å². The first-order valence-electron chi connectivity index (χ1n) is 6.16. The van der Waals surface area contributed by atoms with Crippen LogP contribution >= 0.6 is 0 Å². The molecule has 1 fully saturated rings. The van der Waals surface area contributed by atoms with Crippen LogP contribution in [0.5, 0.6) is 0 Å². The Kier molecular flexibility index (Phi) is 5.09. The first-order chi connectivity index (χ1) is 7.13. The fourth-order valence-corrected chi connectivity index (χ4v) is 1.87. The standard InChI is InChI=1S/C12H24N2O/c1-4-5-10-8-11(10)14-12(15)6-7-13-9(2)3/h9-11,13H,4-8H2,1-3H3,(H,14,15). The molecule has 0 saturated heterocycles. The summed E-state index contributed by atoms with van der Waals surface area (Å²) in [5.41, 5.74) is 0. The molecule has 0 heterocycles. The van der Waals surface area contributed by atoms with Crippen LogP contribution in [0.15, 0.2) is 0 Å². The lowest BCUT2D eigenvalue weighted by Gasteiger charge is -2.08. The van der Waals surface area contributed by atoms with E-state index in [4.69, 9.17) is 0 Å². The van der Waals surface area contributed by atoms with Gasteiger partial charge in [-0.05, 0) is 18.8 Å². The Bertz CT molecular complexity index is 204. The smallest absolute Gasteiger partial charge is 0.221 e. The lowest BCUT2D eigenvalue weighted by Crippen LogP contribution is -2.32. The molecule has 0 spiro atoms. The van der Waals surface area contributed by atoms with Gasteiger partial charge in [-0.25, -0.2) is 0 Å². The van der Waals surface area contributed by atoms with E-state index < -0.39 is 0 Å². The van der Waals surface area contributed by atoms with Gasteiger partial charge in [0.05, 0.1) is 0 Å². The third-order valence-electron chi connectivity index (χ3n) is 2.83. The molecule has 2 atom stereocenters. The van der Waals surface area contributed by atoms with Gasteiger partial charge in [0.2, 0.25) is 5.91 Å². The molecule has 0 radical (unpaired) electrons. The maximum atomic E-state index is 11.5. The highest BCUT2D eigenvalue weighted by molar-refractivity contribution is 5.76. The van der Waals surface area contributed by atoms with Crippen molar-refractivity contribution in [2.75, 3.05) is 6.54 Å². The summed E-state index contributed by atoms with van der Waals surface area (Å²) in [6.07, 6.45) is 4.28. The number of carbonyl (C=O) groups is 1. The quantitative estimate of drug-likeness (QED) is 0.674. The van der Waals surface area contributed by atoms with Gasteiger partial charge < -0.3 is 10.6 Å².